The molecule has 5 heteroatoms. The molecule has 0 saturated carbocycles. The van der Waals surface area contributed by atoms with Crippen molar-refractivity contribution in [1.29, 1.82) is 0 Å². The summed E-state index contributed by atoms with van der Waals surface area (Å²) in [6, 6.07) is 5.20. The van der Waals surface area contributed by atoms with Gasteiger partial charge >= 0.3 is 0 Å². The molecule has 1 aromatic carbocycles. The van der Waals surface area contributed by atoms with E-state index in [-0.39, 0.29) is 5.91 Å². The molecule has 0 fully saturated rings. The molecule has 0 atom stereocenters. The highest BCUT2D eigenvalue weighted by Gasteiger charge is 2.00. The van der Waals surface area contributed by atoms with Crippen molar-refractivity contribution in [2.45, 2.75) is 58.3 Å². The molecule has 0 saturated heterocycles. The van der Waals surface area contributed by atoms with Gasteiger partial charge in [0.15, 0.2) is 0 Å². The minimum absolute atomic E-state index is 0.0510. The summed E-state index contributed by atoms with van der Waals surface area (Å²) in [5.41, 5.74) is 3.33. The van der Waals surface area contributed by atoms with E-state index in [2.05, 4.69) is 17.5 Å². The summed E-state index contributed by atoms with van der Waals surface area (Å²) in [7, 11) is 0. The summed E-state index contributed by atoms with van der Waals surface area (Å²) in [4.78, 5) is 11.6. The Bertz CT molecular complexity index is 490. The number of hydrogen-bond donors (Lipinski definition) is 1. The van der Waals surface area contributed by atoms with Crippen LogP contribution in [0.5, 0.6) is 0 Å². The van der Waals surface area contributed by atoms with Crippen LogP contribution in [-0.2, 0) is 4.79 Å². The highest BCUT2D eigenvalue weighted by Crippen LogP contribution is 2.21. The maximum absolute atomic E-state index is 11.6. The summed E-state index contributed by atoms with van der Waals surface area (Å²) in [5, 5.41) is 4.90. The number of benzene rings is 1. The first-order chi connectivity index (χ1) is 10.6. The van der Waals surface area contributed by atoms with Gasteiger partial charge in [-0.15, -0.1) is 0 Å². The first kappa shape index (κ1) is 19.0. The van der Waals surface area contributed by atoms with Gasteiger partial charge in [-0.1, -0.05) is 74.7 Å². The first-order valence-electron chi connectivity index (χ1n) is 7.90. The fraction of sp³-hybridized carbons (Fsp3) is 0.529. The van der Waals surface area contributed by atoms with Crippen molar-refractivity contribution in [1.82, 2.24) is 5.43 Å². The largest absolute Gasteiger partial charge is 0.273 e. The molecule has 0 spiro atoms. The van der Waals surface area contributed by atoms with Crippen molar-refractivity contribution in [3.63, 3.8) is 0 Å². The third-order valence-electron chi connectivity index (χ3n) is 3.35. The predicted octanol–water partition coefficient (Wildman–Crippen LogP) is 5.58. The highest BCUT2D eigenvalue weighted by atomic mass is 35.5. The van der Waals surface area contributed by atoms with Crippen molar-refractivity contribution in [3.05, 3.63) is 33.8 Å². The number of carbonyl (C=O) groups excluding carboxylic acids is 1. The van der Waals surface area contributed by atoms with E-state index in [1.165, 1.54) is 32.1 Å². The monoisotopic (exact) mass is 342 g/mol. The Morgan fingerprint density at radius 2 is 1.77 bits per heavy atom. The van der Waals surface area contributed by atoms with Crippen LogP contribution in [-0.4, -0.2) is 12.1 Å². The van der Waals surface area contributed by atoms with Crippen LogP contribution in [0.15, 0.2) is 23.3 Å². The molecule has 0 radical (unpaired) electrons. The van der Waals surface area contributed by atoms with E-state index < -0.39 is 0 Å². The summed E-state index contributed by atoms with van der Waals surface area (Å²) in [6.45, 7) is 2.21. The van der Waals surface area contributed by atoms with Gasteiger partial charge in [-0.2, -0.15) is 5.10 Å². The zero-order valence-corrected chi connectivity index (χ0v) is 14.6. The molecule has 0 unspecified atom stereocenters. The van der Waals surface area contributed by atoms with Gasteiger partial charge in [0.05, 0.1) is 16.3 Å². The first-order valence-corrected chi connectivity index (χ1v) is 8.66. The molecule has 22 heavy (non-hydrogen) atoms. The van der Waals surface area contributed by atoms with Gasteiger partial charge in [-0.25, -0.2) is 5.43 Å². The van der Waals surface area contributed by atoms with Gasteiger partial charge in [0.1, 0.15) is 0 Å². The van der Waals surface area contributed by atoms with E-state index in [4.69, 9.17) is 23.2 Å². The van der Waals surface area contributed by atoms with E-state index in [1.54, 1.807) is 24.4 Å². The fourth-order valence-corrected chi connectivity index (χ4v) is 2.38. The molecular formula is C17H24Cl2N2O. The van der Waals surface area contributed by atoms with Crippen LogP contribution in [0.2, 0.25) is 10.0 Å². The van der Waals surface area contributed by atoms with Crippen molar-refractivity contribution >= 4 is 35.3 Å². The number of nitrogens with zero attached hydrogens (tertiary/aromatic N) is 1. The van der Waals surface area contributed by atoms with Crippen molar-refractivity contribution in [2.75, 3.05) is 0 Å². The average Bonchev–Trinajstić information content (AvgIpc) is 2.50. The number of nitrogens with one attached hydrogen (secondary N) is 1. The molecule has 0 aliphatic rings. The van der Waals surface area contributed by atoms with E-state index in [0.717, 1.165) is 18.4 Å². The molecule has 1 rings (SSSR count). The molecule has 0 aliphatic heterocycles. The molecule has 1 amide bonds. The summed E-state index contributed by atoms with van der Waals surface area (Å²) >= 11 is 11.7. The van der Waals surface area contributed by atoms with Crippen LogP contribution in [0, 0.1) is 0 Å². The third-order valence-corrected chi connectivity index (χ3v) is 4.09. The molecule has 122 valence electrons. The molecular weight excluding hydrogens is 319 g/mol. The van der Waals surface area contributed by atoms with Crippen LogP contribution in [0.4, 0.5) is 0 Å². The predicted molar refractivity (Wildman–Crippen MR) is 94.8 cm³/mol. The molecule has 1 aromatic rings. The maximum atomic E-state index is 11.6. The highest BCUT2D eigenvalue weighted by molar-refractivity contribution is 6.42. The summed E-state index contributed by atoms with van der Waals surface area (Å²) in [6.07, 6.45) is 10.5. The standard InChI is InChI=1S/C17H24Cl2N2O/c1-2-3-4-5-6-7-8-9-17(22)21-20-13-14-10-11-15(18)16(19)12-14/h10-13H,2-9H2,1H3,(H,21,22)/b20-13+. The number of carbonyl (C=O) groups is 1. The molecule has 1 N–H and O–H groups in total. The lowest BCUT2D eigenvalue weighted by atomic mass is 10.1. The number of amides is 1. The second kappa shape index (κ2) is 11.5. The summed E-state index contributed by atoms with van der Waals surface area (Å²) < 4.78 is 0. The second-order valence-corrected chi connectivity index (χ2v) is 6.15. The Hall–Kier alpha value is -1.06. The lowest BCUT2D eigenvalue weighted by Gasteiger charge is -2.01. The zero-order chi connectivity index (χ0) is 16.2. The van der Waals surface area contributed by atoms with Crippen LogP contribution in [0.1, 0.15) is 63.9 Å². The maximum Gasteiger partial charge on any atom is 0.240 e. The fourth-order valence-electron chi connectivity index (χ4n) is 2.07. The lowest BCUT2D eigenvalue weighted by molar-refractivity contribution is -0.121. The van der Waals surface area contributed by atoms with Gasteiger partial charge in [-0.3, -0.25) is 4.79 Å². The van der Waals surface area contributed by atoms with Crippen molar-refractivity contribution in [3.8, 4) is 0 Å². The van der Waals surface area contributed by atoms with Crippen LogP contribution in [0.3, 0.4) is 0 Å². The van der Waals surface area contributed by atoms with E-state index in [1.807, 2.05) is 0 Å². The molecule has 0 heterocycles. The smallest absolute Gasteiger partial charge is 0.240 e. The van der Waals surface area contributed by atoms with Crippen LogP contribution < -0.4 is 5.43 Å². The van der Waals surface area contributed by atoms with Gasteiger partial charge in [-0.05, 0) is 24.1 Å². The normalized spacial score (nSPS) is 11.0. The minimum atomic E-state index is -0.0510. The number of hydrogen-bond acceptors (Lipinski definition) is 2. The number of unbranched alkanes of at least 4 members (excludes halogenated alkanes) is 6. The second-order valence-electron chi connectivity index (χ2n) is 5.34. The number of hydrazone groups is 1. The topological polar surface area (TPSA) is 41.5 Å². The minimum Gasteiger partial charge on any atom is -0.273 e. The number of rotatable bonds is 10. The Balaban J connectivity index is 2.14. The van der Waals surface area contributed by atoms with Gasteiger partial charge in [0.25, 0.3) is 0 Å². The molecule has 0 aromatic heterocycles. The molecule has 0 bridgehead atoms. The Labute approximate surface area is 143 Å². The quantitative estimate of drug-likeness (QED) is 0.336. The molecule has 3 nitrogen and oxygen atoms in total. The third kappa shape index (κ3) is 8.40. The van der Waals surface area contributed by atoms with Gasteiger partial charge in [0.2, 0.25) is 5.91 Å². The average molecular weight is 343 g/mol. The van der Waals surface area contributed by atoms with Crippen LogP contribution >= 0.6 is 23.2 Å². The zero-order valence-electron chi connectivity index (χ0n) is 13.1. The SMILES string of the molecule is CCCCCCCCCC(=O)N/N=C/c1ccc(Cl)c(Cl)c1. The Kier molecular flexibility index (Phi) is 9.93. The van der Waals surface area contributed by atoms with Crippen molar-refractivity contribution in [2.24, 2.45) is 5.10 Å². The van der Waals surface area contributed by atoms with E-state index in [0.29, 0.717) is 16.5 Å². The van der Waals surface area contributed by atoms with E-state index >= 15 is 0 Å². The van der Waals surface area contributed by atoms with Gasteiger partial charge in [0, 0.05) is 6.42 Å². The number of halogens is 2. The van der Waals surface area contributed by atoms with Crippen molar-refractivity contribution < 1.29 is 4.79 Å². The summed E-state index contributed by atoms with van der Waals surface area (Å²) in [5.74, 6) is -0.0510. The molecule has 0 aliphatic carbocycles. The Morgan fingerprint density at radius 3 is 2.45 bits per heavy atom. The lowest BCUT2D eigenvalue weighted by Crippen LogP contribution is -2.16. The van der Waals surface area contributed by atoms with Crippen LogP contribution in [0.25, 0.3) is 0 Å². The Morgan fingerprint density at radius 1 is 1.09 bits per heavy atom. The van der Waals surface area contributed by atoms with E-state index in [9.17, 15) is 4.79 Å². The van der Waals surface area contributed by atoms with Gasteiger partial charge < -0.3 is 0 Å².